The van der Waals surface area contributed by atoms with Gasteiger partial charge >= 0.3 is 6.09 Å². The highest BCUT2D eigenvalue weighted by Crippen LogP contribution is 2.44. The van der Waals surface area contributed by atoms with Gasteiger partial charge in [0.1, 0.15) is 12.4 Å². The molecule has 0 heterocycles. The minimum absolute atomic E-state index is 0.000735. The van der Waals surface area contributed by atoms with Crippen LogP contribution in [0.15, 0.2) is 72.8 Å². The van der Waals surface area contributed by atoms with Crippen molar-refractivity contribution in [2.24, 2.45) is 5.73 Å². The summed E-state index contributed by atoms with van der Waals surface area (Å²) in [4.78, 5) is 12.2. The van der Waals surface area contributed by atoms with E-state index in [4.69, 9.17) is 15.9 Å². The summed E-state index contributed by atoms with van der Waals surface area (Å²) in [5, 5.41) is 10.6. The molecule has 5 heteroatoms. The number of hydrogen-bond acceptors (Lipinski definition) is 4. The first kappa shape index (κ1) is 17.9. The molecule has 28 heavy (non-hydrogen) atoms. The van der Waals surface area contributed by atoms with E-state index in [1.54, 1.807) is 12.1 Å². The second-order valence-corrected chi connectivity index (χ2v) is 6.73. The van der Waals surface area contributed by atoms with E-state index in [2.05, 4.69) is 29.6 Å². The van der Waals surface area contributed by atoms with Crippen LogP contribution in [0.1, 0.15) is 28.2 Å². The lowest BCUT2D eigenvalue weighted by molar-refractivity contribution is 0.148. The summed E-state index contributed by atoms with van der Waals surface area (Å²) in [6.45, 7) is 0.659. The van der Waals surface area contributed by atoms with Crippen molar-refractivity contribution in [3.8, 4) is 11.1 Å². The molecule has 3 aromatic rings. The Morgan fingerprint density at radius 1 is 0.929 bits per heavy atom. The number of hydrogen-bond donors (Lipinski definition) is 3. The van der Waals surface area contributed by atoms with Crippen LogP contribution in [0.4, 0.5) is 4.79 Å². The van der Waals surface area contributed by atoms with Crippen LogP contribution in [-0.2, 0) is 11.3 Å². The van der Waals surface area contributed by atoms with E-state index in [9.17, 15) is 4.79 Å². The Hall–Kier alpha value is -3.44. The van der Waals surface area contributed by atoms with Gasteiger partial charge < -0.3 is 10.5 Å². The molecular formula is C23H21N3O2. The van der Waals surface area contributed by atoms with Crippen LogP contribution in [0, 0.1) is 5.41 Å². The van der Waals surface area contributed by atoms with Crippen LogP contribution in [0.3, 0.4) is 0 Å². The van der Waals surface area contributed by atoms with E-state index in [0.29, 0.717) is 12.1 Å². The molecule has 1 aliphatic carbocycles. The van der Waals surface area contributed by atoms with Gasteiger partial charge in [-0.15, -0.1) is 0 Å². The highest BCUT2D eigenvalue weighted by Gasteiger charge is 2.29. The minimum Gasteiger partial charge on any atom is -0.448 e. The monoisotopic (exact) mass is 371 g/mol. The second kappa shape index (κ2) is 7.66. The van der Waals surface area contributed by atoms with Crippen molar-refractivity contribution in [3.63, 3.8) is 0 Å². The van der Waals surface area contributed by atoms with E-state index >= 15 is 0 Å². The van der Waals surface area contributed by atoms with Gasteiger partial charge in [0.2, 0.25) is 0 Å². The molecule has 1 amide bonds. The number of rotatable bonds is 4. The van der Waals surface area contributed by atoms with Crippen molar-refractivity contribution >= 4 is 11.9 Å². The Morgan fingerprint density at radius 2 is 1.50 bits per heavy atom. The van der Waals surface area contributed by atoms with Crippen LogP contribution in [-0.4, -0.2) is 18.5 Å². The van der Waals surface area contributed by atoms with E-state index < -0.39 is 6.09 Å². The quantitative estimate of drug-likeness (QED) is 0.478. The van der Waals surface area contributed by atoms with Gasteiger partial charge in [0, 0.05) is 18.0 Å². The molecule has 140 valence electrons. The standard InChI is InChI=1S/C23H21N3O2/c24-13-15-9-11-16(12-10-15)22(25)26-23(27)28-14-21-19-7-3-1-5-17(19)18-6-2-4-8-20(18)21/h1-12,21H,13-14,24H2,(H2,25,26,27). The van der Waals surface area contributed by atoms with Crippen molar-refractivity contribution in [2.75, 3.05) is 6.61 Å². The first-order chi connectivity index (χ1) is 13.7. The van der Waals surface area contributed by atoms with Gasteiger partial charge in [0.15, 0.2) is 0 Å². The summed E-state index contributed by atoms with van der Waals surface area (Å²) < 4.78 is 5.47. The maximum atomic E-state index is 12.2. The Balaban J connectivity index is 1.43. The number of benzene rings is 3. The lowest BCUT2D eigenvalue weighted by Gasteiger charge is -2.15. The van der Waals surface area contributed by atoms with Gasteiger partial charge in [-0.3, -0.25) is 10.7 Å². The van der Waals surface area contributed by atoms with Gasteiger partial charge in [-0.05, 0) is 27.8 Å². The molecule has 0 saturated carbocycles. The Kier molecular flexibility index (Phi) is 4.91. The number of nitrogens with two attached hydrogens (primary N) is 1. The van der Waals surface area contributed by atoms with Gasteiger partial charge in [0.25, 0.3) is 0 Å². The first-order valence-electron chi connectivity index (χ1n) is 9.17. The molecular weight excluding hydrogens is 350 g/mol. The Bertz CT molecular complexity index is 983. The van der Waals surface area contributed by atoms with Crippen LogP contribution in [0.5, 0.6) is 0 Å². The average molecular weight is 371 g/mol. The number of fused-ring (bicyclic) bond motifs is 3. The normalized spacial score (nSPS) is 12.2. The summed E-state index contributed by atoms with van der Waals surface area (Å²) in [7, 11) is 0. The smallest absolute Gasteiger partial charge is 0.412 e. The number of nitrogens with one attached hydrogen (secondary N) is 2. The zero-order chi connectivity index (χ0) is 19.5. The van der Waals surface area contributed by atoms with Crippen LogP contribution in [0.25, 0.3) is 11.1 Å². The lowest BCUT2D eigenvalue weighted by Crippen LogP contribution is -2.32. The van der Waals surface area contributed by atoms with Gasteiger partial charge in [-0.1, -0.05) is 72.8 Å². The molecule has 0 spiro atoms. The fourth-order valence-electron chi connectivity index (χ4n) is 3.62. The summed E-state index contributed by atoms with van der Waals surface area (Å²) in [6.07, 6.45) is -0.630. The van der Waals surface area contributed by atoms with Crippen molar-refractivity contribution in [3.05, 3.63) is 95.1 Å². The predicted molar refractivity (Wildman–Crippen MR) is 109 cm³/mol. The molecule has 0 bridgehead atoms. The number of amides is 1. The molecule has 0 aromatic heterocycles. The maximum absolute atomic E-state index is 12.2. The van der Waals surface area contributed by atoms with E-state index in [1.165, 1.54) is 11.1 Å². The fraction of sp³-hybridized carbons (Fsp3) is 0.130. The molecule has 1 aliphatic rings. The third kappa shape index (κ3) is 3.40. The first-order valence-corrected chi connectivity index (χ1v) is 9.17. The molecule has 0 unspecified atom stereocenters. The van der Waals surface area contributed by atoms with Crippen molar-refractivity contribution in [1.29, 1.82) is 5.41 Å². The topological polar surface area (TPSA) is 88.2 Å². The summed E-state index contributed by atoms with van der Waals surface area (Å²) in [5.74, 6) is -0.00281. The third-order valence-corrected chi connectivity index (χ3v) is 5.05. The largest absolute Gasteiger partial charge is 0.448 e. The highest BCUT2D eigenvalue weighted by atomic mass is 16.5. The Labute approximate surface area is 163 Å². The number of carbonyl (C=O) groups is 1. The van der Waals surface area contributed by atoms with Crippen molar-refractivity contribution in [1.82, 2.24) is 5.32 Å². The molecule has 3 aromatic carbocycles. The fourth-order valence-corrected chi connectivity index (χ4v) is 3.62. The SMILES string of the molecule is N=C(NC(=O)OCC1c2ccccc2-c2ccccc21)c1ccc(CN)cc1. The van der Waals surface area contributed by atoms with Gasteiger partial charge in [-0.2, -0.15) is 0 Å². The zero-order valence-electron chi connectivity index (χ0n) is 15.3. The van der Waals surface area contributed by atoms with Crippen LogP contribution >= 0.6 is 0 Å². The van der Waals surface area contributed by atoms with Gasteiger partial charge in [-0.25, -0.2) is 4.79 Å². The molecule has 0 fully saturated rings. The summed E-state index contributed by atoms with van der Waals surface area (Å²) in [6, 6.07) is 23.5. The van der Waals surface area contributed by atoms with E-state index in [1.807, 2.05) is 36.4 Å². The maximum Gasteiger partial charge on any atom is 0.412 e. The molecule has 4 N–H and O–H groups in total. The molecule has 0 radical (unpaired) electrons. The van der Waals surface area contributed by atoms with Crippen molar-refractivity contribution in [2.45, 2.75) is 12.5 Å². The van der Waals surface area contributed by atoms with Crippen LogP contribution < -0.4 is 11.1 Å². The molecule has 4 rings (SSSR count). The number of carbonyl (C=O) groups excluding carboxylic acids is 1. The molecule has 0 atom stereocenters. The number of alkyl carbamates (subject to hydrolysis) is 1. The predicted octanol–water partition coefficient (Wildman–Crippen LogP) is 4.01. The van der Waals surface area contributed by atoms with Crippen LogP contribution in [0.2, 0.25) is 0 Å². The zero-order valence-corrected chi connectivity index (χ0v) is 15.3. The minimum atomic E-state index is -0.630. The van der Waals surface area contributed by atoms with E-state index in [0.717, 1.165) is 16.7 Å². The third-order valence-electron chi connectivity index (χ3n) is 5.05. The molecule has 0 aliphatic heterocycles. The van der Waals surface area contributed by atoms with E-state index in [-0.39, 0.29) is 18.4 Å². The molecule has 5 nitrogen and oxygen atoms in total. The lowest BCUT2D eigenvalue weighted by atomic mass is 9.98. The second-order valence-electron chi connectivity index (χ2n) is 6.73. The summed E-state index contributed by atoms with van der Waals surface area (Å²) in [5.41, 5.74) is 11.8. The summed E-state index contributed by atoms with van der Waals surface area (Å²) >= 11 is 0. The van der Waals surface area contributed by atoms with Crippen molar-refractivity contribution < 1.29 is 9.53 Å². The Morgan fingerprint density at radius 3 is 2.07 bits per heavy atom. The number of ether oxygens (including phenoxy) is 1. The molecule has 0 saturated heterocycles. The average Bonchev–Trinajstić information content (AvgIpc) is 3.06. The number of amidine groups is 1. The van der Waals surface area contributed by atoms with Gasteiger partial charge in [0.05, 0.1) is 0 Å². The highest BCUT2D eigenvalue weighted by molar-refractivity contribution is 6.04.